The molecule has 0 heterocycles. The van der Waals surface area contributed by atoms with Crippen LogP contribution in [0.25, 0.3) is 0 Å². The topological polar surface area (TPSA) is 40.5 Å². The Balaban J connectivity index is 0.000001000. The zero-order valence-electron chi connectivity index (χ0n) is 5.81. The summed E-state index contributed by atoms with van der Waals surface area (Å²) >= 11 is 4.04. The minimum absolute atomic E-state index is 0. The predicted molar refractivity (Wildman–Crippen MR) is 49.3 cm³/mol. The summed E-state index contributed by atoms with van der Waals surface area (Å²) in [6.45, 7) is 0. The molecule has 3 radical (unpaired) electrons. The maximum atomic E-state index is 8.65. The maximum absolute atomic E-state index is 8.65. The van der Waals surface area contributed by atoms with E-state index in [9.17, 15) is 0 Å². The van der Waals surface area contributed by atoms with Crippen LogP contribution in [-0.2, 0) is 0 Å². The van der Waals surface area contributed by atoms with Crippen LogP contribution < -0.4 is 5.46 Å². The van der Waals surface area contributed by atoms with E-state index in [0.717, 1.165) is 4.90 Å². The molecule has 0 bridgehead atoms. The molecule has 0 aliphatic carbocycles. The Hall–Kier alpha value is -0.380. The molecule has 0 spiro atoms. The molecule has 2 N–H and O–H groups in total. The second-order valence-electron chi connectivity index (χ2n) is 1.97. The molecule has 0 unspecified atom stereocenters. The van der Waals surface area contributed by atoms with Crippen molar-refractivity contribution in [3.63, 3.8) is 0 Å². The Morgan fingerprint density at radius 2 is 1.55 bits per heavy atom. The Morgan fingerprint density at radius 1 is 1.09 bits per heavy atom. The van der Waals surface area contributed by atoms with Crippen LogP contribution in [0, 0.1) is 0 Å². The van der Waals surface area contributed by atoms with E-state index in [2.05, 4.69) is 12.6 Å². The third kappa shape index (κ3) is 3.01. The van der Waals surface area contributed by atoms with Crippen LogP contribution in [0.15, 0.2) is 29.2 Å². The van der Waals surface area contributed by atoms with Crippen LogP contribution in [0.5, 0.6) is 0 Å². The smallest absolute Gasteiger partial charge is 0.423 e. The lowest BCUT2D eigenvalue weighted by Crippen LogP contribution is -2.29. The standard InChI is InChI=1S/C6H7BO2S.B/c8-7(9)5-1-3-6(10)4-2-5;/h1-4,8-10H;. The highest BCUT2D eigenvalue weighted by Crippen LogP contribution is 2.00. The zero-order chi connectivity index (χ0) is 7.56. The van der Waals surface area contributed by atoms with E-state index in [1.165, 1.54) is 0 Å². The normalized spacial score (nSPS) is 8.64. The number of hydrogen-bond acceptors (Lipinski definition) is 3. The van der Waals surface area contributed by atoms with E-state index < -0.39 is 7.12 Å². The molecule has 0 amide bonds. The van der Waals surface area contributed by atoms with Gasteiger partial charge in [-0.15, -0.1) is 12.6 Å². The van der Waals surface area contributed by atoms with Crippen molar-refractivity contribution in [1.29, 1.82) is 0 Å². The third-order valence-corrected chi connectivity index (χ3v) is 1.49. The van der Waals surface area contributed by atoms with Gasteiger partial charge in [0.1, 0.15) is 0 Å². The van der Waals surface area contributed by atoms with Gasteiger partial charge >= 0.3 is 7.12 Å². The highest BCUT2D eigenvalue weighted by Gasteiger charge is 2.08. The molecule has 0 saturated heterocycles. The van der Waals surface area contributed by atoms with Gasteiger partial charge in [-0.2, -0.15) is 0 Å². The van der Waals surface area contributed by atoms with Crippen molar-refractivity contribution in [3.05, 3.63) is 24.3 Å². The van der Waals surface area contributed by atoms with Crippen LogP contribution >= 0.6 is 12.6 Å². The maximum Gasteiger partial charge on any atom is 0.488 e. The fraction of sp³-hybridized carbons (Fsp3) is 0. The molecule has 5 heteroatoms. The molecule has 1 rings (SSSR count). The monoisotopic (exact) mass is 165 g/mol. The molecule has 55 valence electrons. The molecule has 0 aliphatic rings. The molecule has 0 saturated carbocycles. The van der Waals surface area contributed by atoms with Crippen LogP contribution in [-0.4, -0.2) is 25.6 Å². The highest BCUT2D eigenvalue weighted by molar-refractivity contribution is 7.80. The minimum Gasteiger partial charge on any atom is -0.423 e. The molecule has 0 aliphatic heterocycles. The summed E-state index contributed by atoms with van der Waals surface area (Å²) < 4.78 is 0. The van der Waals surface area contributed by atoms with Gasteiger partial charge < -0.3 is 10.0 Å². The van der Waals surface area contributed by atoms with Crippen molar-refractivity contribution in [2.45, 2.75) is 4.90 Å². The van der Waals surface area contributed by atoms with Gasteiger partial charge in [0.15, 0.2) is 0 Å². The average Bonchev–Trinajstić information content (AvgIpc) is 1.88. The summed E-state index contributed by atoms with van der Waals surface area (Å²) in [7, 11) is -1.38. The molecule has 1 aromatic rings. The third-order valence-electron chi connectivity index (χ3n) is 1.19. The number of benzene rings is 1. The first-order valence-corrected chi connectivity index (χ1v) is 3.30. The second kappa shape index (κ2) is 4.49. The van der Waals surface area contributed by atoms with Crippen molar-refractivity contribution in [1.82, 2.24) is 0 Å². The van der Waals surface area contributed by atoms with Crippen molar-refractivity contribution in [2.75, 3.05) is 0 Å². The van der Waals surface area contributed by atoms with Crippen molar-refractivity contribution in [3.8, 4) is 0 Å². The minimum atomic E-state index is -1.38. The second-order valence-corrected chi connectivity index (χ2v) is 2.48. The molecular formula is C6H7B2O2S. The quantitative estimate of drug-likeness (QED) is 0.379. The van der Waals surface area contributed by atoms with Crippen molar-refractivity contribution in [2.24, 2.45) is 0 Å². The SMILES string of the molecule is OB(O)c1ccc(S)cc1.[B]. The fourth-order valence-electron chi connectivity index (χ4n) is 0.646. The lowest BCUT2D eigenvalue weighted by atomic mass is 9.81. The molecule has 0 fully saturated rings. The molecule has 0 aromatic heterocycles. The van der Waals surface area contributed by atoms with Crippen LogP contribution in [0.1, 0.15) is 0 Å². The van der Waals surface area contributed by atoms with Gasteiger partial charge in [-0.1, -0.05) is 12.1 Å². The Labute approximate surface area is 73.4 Å². The number of rotatable bonds is 1. The van der Waals surface area contributed by atoms with Crippen LogP contribution in [0.4, 0.5) is 0 Å². The Morgan fingerprint density at radius 3 is 1.91 bits per heavy atom. The van der Waals surface area contributed by atoms with E-state index in [4.69, 9.17) is 10.0 Å². The molecule has 11 heavy (non-hydrogen) atoms. The fourth-order valence-corrected chi connectivity index (χ4v) is 0.796. The van der Waals surface area contributed by atoms with Crippen LogP contribution in [0.2, 0.25) is 0 Å². The Kier molecular flexibility index (Phi) is 4.33. The average molecular weight is 165 g/mol. The van der Waals surface area contributed by atoms with Gasteiger partial charge in [-0.05, 0) is 17.6 Å². The summed E-state index contributed by atoms with van der Waals surface area (Å²) in [5, 5.41) is 17.3. The largest absolute Gasteiger partial charge is 0.488 e. The first kappa shape index (κ1) is 10.6. The first-order valence-electron chi connectivity index (χ1n) is 2.85. The van der Waals surface area contributed by atoms with Crippen molar-refractivity contribution < 1.29 is 10.0 Å². The molecule has 0 atom stereocenters. The van der Waals surface area contributed by atoms with E-state index in [1.54, 1.807) is 24.3 Å². The lowest BCUT2D eigenvalue weighted by Gasteiger charge is -1.97. The summed E-state index contributed by atoms with van der Waals surface area (Å²) in [5.41, 5.74) is 0.484. The van der Waals surface area contributed by atoms with E-state index in [1.807, 2.05) is 0 Å². The van der Waals surface area contributed by atoms with Gasteiger partial charge in [0.05, 0.1) is 0 Å². The molecule has 1 aromatic carbocycles. The first-order chi connectivity index (χ1) is 4.70. The number of hydrogen-bond donors (Lipinski definition) is 3. The zero-order valence-corrected chi connectivity index (χ0v) is 6.70. The Bertz CT molecular complexity index is 212. The van der Waals surface area contributed by atoms with E-state index in [0.29, 0.717) is 5.46 Å². The van der Waals surface area contributed by atoms with E-state index >= 15 is 0 Å². The van der Waals surface area contributed by atoms with Gasteiger partial charge in [-0.3, -0.25) is 0 Å². The molecular weight excluding hydrogens is 158 g/mol. The van der Waals surface area contributed by atoms with E-state index in [-0.39, 0.29) is 8.41 Å². The van der Waals surface area contributed by atoms with Gasteiger partial charge in [-0.25, -0.2) is 0 Å². The summed E-state index contributed by atoms with van der Waals surface area (Å²) in [6.07, 6.45) is 0. The predicted octanol–water partition coefficient (Wildman–Crippen LogP) is -0.726. The number of thiol groups is 1. The summed E-state index contributed by atoms with van der Waals surface area (Å²) in [6, 6.07) is 6.65. The highest BCUT2D eigenvalue weighted by atomic mass is 32.1. The summed E-state index contributed by atoms with van der Waals surface area (Å²) in [4.78, 5) is 0.810. The van der Waals surface area contributed by atoms with Crippen molar-refractivity contribution >= 4 is 33.6 Å². The molecule has 2 nitrogen and oxygen atoms in total. The van der Waals surface area contributed by atoms with Gasteiger partial charge in [0.2, 0.25) is 0 Å². The summed E-state index contributed by atoms with van der Waals surface area (Å²) in [5.74, 6) is 0. The van der Waals surface area contributed by atoms with Gasteiger partial charge in [0.25, 0.3) is 0 Å². The van der Waals surface area contributed by atoms with Gasteiger partial charge in [0, 0.05) is 13.3 Å². The lowest BCUT2D eigenvalue weighted by molar-refractivity contribution is 0.426. The van der Waals surface area contributed by atoms with Crippen LogP contribution in [0.3, 0.4) is 0 Å².